The van der Waals surface area contributed by atoms with Crippen molar-refractivity contribution in [2.45, 2.75) is 6.92 Å². The molecule has 1 aromatic rings. The van der Waals surface area contributed by atoms with Crippen molar-refractivity contribution < 1.29 is 19.6 Å². The van der Waals surface area contributed by atoms with E-state index >= 15 is 0 Å². The summed E-state index contributed by atoms with van der Waals surface area (Å²) in [6.07, 6.45) is 0. The summed E-state index contributed by atoms with van der Waals surface area (Å²) < 4.78 is 0. The number of nitro groups is 1. The predicted octanol–water partition coefficient (Wildman–Crippen LogP) is 1.11. The predicted molar refractivity (Wildman–Crippen MR) is 76.6 cm³/mol. The van der Waals surface area contributed by atoms with Crippen LogP contribution in [-0.2, 0) is 4.79 Å². The minimum absolute atomic E-state index is 0.137. The van der Waals surface area contributed by atoms with Crippen LogP contribution in [0, 0.1) is 16.0 Å². The number of rotatable bonds is 6. The first-order chi connectivity index (χ1) is 9.77. The van der Waals surface area contributed by atoms with Crippen molar-refractivity contribution in [3.8, 4) is 0 Å². The number of benzene rings is 1. The van der Waals surface area contributed by atoms with Gasteiger partial charge < -0.3 is 15.3 Å². The Morgan fingerprint density at radius 3 is 2.57 bits per heavy atom. The molecular weight excluding hydrogens is 278 g/mol. The van der Waals surface area contributed by atoms with Crippen LogP contribution >= 0.6 is 0 Å². The maximum atomic E-state index is 11.5. The summed E-state index contributed by atoms with van der Waals surface area (Å²) in [6.45, 7) is 2.09. The second-order valence-corrected chi connectivity index (χ2v) is 4.66. The highest BCUT2D eigenvalue weighted by Gasteiger charge is 2.22. The summed E-state index contributed by atoms with van der Waals surface area (Å²) in [5.41, 5.74) is -0.343. The number of hydrogen-bond donors (Lipinski definition) is 2. The smallest absolute Gasteiger partial charge is 0.342 e. The van der Waals surface area contributed by atoms with Gasteiger partial charge in [0, 0.05) is 32.4 Å². The number of anilines is 1. The van der Waals surface area contributed by atoms with Crippen molar-refractivity contribution in [3.05, 3.63) is 33.9 Å². The number of nitrogens with zero attached hydrogens (tertiary/aromatic N) is 2. The minimum Gasteiger partial charge on any atom is -0.477 e. The average Bonchev–Trinajstić information content (AvgIpc) is 2.45. The summed E-state index contributed by atoms with van der Waals surface area (Å²) in [7, 11) is 3.22. The lowest BCUT2D eigenvalue weighted by atomic mass is 10.1. The van der Waals surface area contributed by atoms with Crippen LogP contribution in [-0.4, -0.2) is 42.5 Å². The Bertz CT molecular complexity index is 573. The van der Waals surface area contributed by atoms with Gasteiger partial charge in [-0.15, -0.1) is 0 Å². The molecule has 1 rings (SSSR count). The van der Waals surface area contributed by atoms with Crippen molar-refractivity contribution in [1.29, 1.82) is 0 Å². The first-order valence-electron chi connectivity index (χ1n) is 6.22. The molecule has 0 aromatic heterocycles. The van der Waals surface area contributed by atoms with Gasteiger partial charge in [-0.2, -0.15) is 0 Å². The van der Waals surface area contributed by atoms with Crippen LogP contribution in [0.5, 0.6) is 0 Å². The molecule has 1 atom stereocenters. The quantitative estimate of drug-likeness (QED) is 0.600. The molecule has 0 aliphatic rings. The number of aromatic carboxylic acids is 1. The number of carbonyl (C=O) groups is 2. The third kappa shape index (κ3) is 3.91. The third-order valence-electron chi connectivity index (χ3n) is 3.09. The molecule has 0 aliphatic carbocycles. The van der Waals surface area contributed by atoms with E-state index in [-0.39, 0.29) is 17.4 Å². The van der Waals surface area contributed by atoms with E-state index in [1.807, 2.05) is 0 Å². The molecule has 1 aromatic carbocycles. The van der Waals surface area contributed by atoms with E-state index in [1.165, 1.54) is 19.2 Å². The van der Waals surface area contributed by atoms with Crippen LogP contribution in [0.3, 0.4) is 0 Å². The molecule has 1 amide bonds. The molecule has 0 bridgehead atoms. The molecule has 114 valence electrons. The number of carboxylic acid groups (broad SMARTS) is 1. The van der Waals surface area contributed by atoms with Crippen molar-refractivity contribution in [1.82, 2.24) is 5.32 Å². The highest BCUT2D eigenvalue weighted by Crippen LogP contribution is 2.25. The Hall–Kier alpha value is -2.64. The molecule has 0 spiro atoms. The molecule has 2 N–H and O–H groups in total. The molecule has 0 fully saturated rings. The van der Waals surface area contributed by atoms with Crippen LogP contribution < -0.4 is 10.2 Å². The van der Waals surface area contributed by atoms with Gasteiger partial charge in [-0.25, -0.2) is 4.79 Å². The second kappa shape index (κ2) is 6.69. The molecule has 0 radical (unpaired) electrons. The highest BCUT2D eigenvalue weighted by atomic mass is 16.6. The fourth-order valence-electron chi connectivity index (χ4n) is 1.94. The van der Waals surface area contributed by atoms with Gasteiger partial charge in [0.1, 0.15) is 5.56 Å². The molecule has 0 aliphatic heterocycles. The van der Waals surface area contributed by atoms with E-state index in [2.05, 4.69) is 5.32 Å². The Morgan fingerprint density at radius 1 is 1.48 bits per heavy atom. The number of nitro benzene ring substituents is 1. The molecule has 8 heteroatoms. The number of carbonyl (C=O) groups excluding carboxylic acids is 1. The van der Waals surface area contributed by atoms with Crippen molar-refractivity contribution in [2.24, 2.45) is 5.92 Å². The Labute approximate surface area is 121 Å². The minimum atomic E-state index is -1.36. The van der Waals surface area contributed by atoms with E-state index < -0.39 is 16.6 Å². The van der Waals surface area contributed by atoms with Crippen LogP contribution in [0.15, 0.2) is 18.2 Å². The maximum Gasteiger partial charge on any atom is 0.342 e. The Morgan fingerprint density at radius 2 is 2.10 bits per heavy atom. The summed E-state index contributed by atoms with van der Waals surface area (Å²) >= 11 is 0. The van der Waals surface area contributed by atoms with Gasteiger partial charge in [0.05, 0.1) is 10.8 Å². The van der Waals surface area contributed by atoms with Gasteiger partial charge in [-0.3, -0.25) is 14.9 Å². The lowest BCUT2D eigenvalue weighted by Crippen LogP contribution is -2.34. The fraction of sp³-hybridized carbons (Fsp3) is 0.385. The van der Waals surface area contributed by atoms with E-state index in [9.17, 15) is 19.7 Å². The number of amides is 1. The highest BCUT2D eigenvalue weighted by molar-refractivity contribution is 5.93. The monoisotopic (exact) mass is 295 g/mol. The SMILES string of the molecule is CNC(=O)C(C)CN(C)c1ccc([N+](=O)[O-])c(C(=O)O)c1. The van der Waals surface area contributed by atoms with Gasteiger partial charge in [-0.1, -0.05) is 6.92 Å². The molecule has 8 nitrogen and oxygen atoms in total. The van der Waals surface area contributed by atoms with E-state index in [4.69, 9.17) is 5.11 Å². The van der Waals surface area contributed by atoms with Gasteiger partial charge >= 0.3 is 5.97 Å². The van der Waals surface area contributed by atoms with Gasteiger partial charge in [-0.05, 0) is 12.1 Å². The van der Waals surface area contributed by atoms with Gasteiger partial charge in [0.2, 0.25) is 5.91 Å². The lowest BCUT2D eigenvalue weighted by molar-refractivity contribution is -0.385. The Kier molecular flexibility index (Phi) is 5.23. The third-order valence-corrected chi connectivity index (χ3v) is 3.09. The normalized spacial score (nSPS) is 11.6. The topological polar surface area (TPSA) is 113 Å². The number of nitrogens with one attached hydrogen (secondary N) is 1. The van der Waals surface area contributed by atoms with Crippen LogP contribution in [0.4, 0.5) is 11.4 Å². The van der Waals surface area contributed by atoms with Crippen LogP contribution in [0.2, 0.25) is 0 Å². The Balaban J connectivity index is 3.03. The summed E-state index contributed by atoms with van der Waals surface area (Å²) in [5, 5.41) is 22.4. The average molecular weight is 295 g/mol. The molecule has 0 saturated heterocycles. The number of carboxylic acids is 1. The number of hydrogen-bond acceptors (Lipinski definition) is 5. The van der Waals surface area contributed by atoms with E-state index in [0.29, 0.717) is 12.2 Å². The molecule has 21 heavy (non-hydrogen) atoms. The summed E-state index contributed by atoms with van der Waals surface area (Å²) in [5.74, 6) is -1.80. The first kappa shape index (κ1) is 16.4. The first-order valence-corrected chi connectivity index (χ1v) is 6.22. The van der Waals surface area contributed by atoms with Crippen molar-refractivity contribution >= 4 is 23.3 Å². The zero-order chi connectivity index (χ0) is 16.2. The zero-order valence-corrected chi connectivity index (χ0v) is 12.0. The molecule has 1 unspecified atom stereocenters. The molecule has 0 saturated carbocycles. The van der Waals surface area contributed by atoms with Crippen LogP contribution in [0.25, 0.3) is 0 Å². The maximum absolute atomic E-state index is 11.5. The summed E-state index contributed by atoms with van der Waals surface area (Å²) in [4.78, 5) is 34.3. The van der Waals surface area contributed by atoms with Crippen molar-refractivity contribution in [3.63, 3.8) is 0 Å². The zero-order valence-electron chi connectivity index (χ0n) is 12.0. The lowest BCUT2D eigenvalue weighted by Gasteiger charge is -2.22. The second-order valence-electron chi connectivity index (χ2n) is 4.66. The van der Waals surface area contributed by atoms with Crippen molar-refractivity contribution in [2.75, 3.05) is 25.5 Å². The van der Waals surface area contributed by atoms with E-state index in [0.717, 1.165) is 6.07 Å². The van der Waals surface area contributed by atoms with E-state index in [1.54, 1.807) is 18.9 Å². The fourth-order valence-corrected chi connectivity index (χ4v) is 1.94. The summed E-state index contributed by atoms with van der Waals surface area (Å²) in [6, 6.07) is 3.85. The van der Waals surface area contributed by atoms with Gasteiger partial charge in [0.25, 0.3) is 5.69 Å². The largest absolute Gasteiger partial charge is 0.477 e. The molecular formula is C13H17N3O5. The van der Waals surface area contributed by atoms with Crippen LogP contribution in [0.1, 0.15) is 17.3 Å². The standard InChI is InChI=1S/C13H17N3O5/c1-8(12(17)14-2)7-15(3)9-4-5-11(16(20)21)10(6-9)13(18)19/h4-6,8H,7H2,1-3H3,(H,14,17)(H,18,19). The van der Waals surface area contributed by atoms with Gasteiger partial charge in [0.15, 0.2) is 0 Å². The molecule has 0 heterocycles.